The lowest BCUT2D eigenvalue weighted by Crippen LogP contribution is -2.40. The van der Waals surface area contributed by atoms with E-state index in [1.807, 2.05) is 0 Å². The summed E-state index contributed by atoms with van der Waals surface area (Å²) in [5, 5.41) is 5.14. The third-order valence-electron chi connectivity index (χ3n) is 2.57. The first kappa shape index (κ1) is 11.9. The van der Waals surface area contributed by atoms with Gasteiger partial charge in [-0.3, -0.25) is 9.59 Å². The molecule has 4 N–H and O–H groups in total. The molecule has 1 saturated carbocycles. The molecule has 0 saturated heterocycles. The molecule has 0 unspecified atom stereocenters. The smallest absolute Gasteiger partial charge is 0.233 e. The highest BCUT2D eigenvalue weighted by Gasteiger charge is 2.52. The lowest BCUT2D eigenvalue weighted by Gasteiger charge is -2.12. The molecular weight excluding hydrogens is 214 g/mol. The van der Waals surface area contributed by atoms with Gasteiger partial charge in [-0.25, -0.2) is 0 Å². The average molecular weight is 229 g/mol. The number of amides is 2. The second-order valence-electron chi connectivity index (χ2n) is 3.63. The molecule has 0 bridgehead atoms. The van der Waals surface area contributed by atoms with Gasteiger partial charge in [0.25, 0.3) is 0 Å². The van der Waals surface area contributed by atoms with Crippen molar-refractivity contribution in [1.82, 2.24) is 10.6 Å². The number of nitrogens with one attached hydrogen (secondary N) is 2. The Morgan fingerprint density at radius 2 is 2.07 bits per heavy atom. The van der Waals surface area contributed by atoms with E-state index >= 15 is 0 Å². The van der Waals surface area contributed by atoms with Crippen molar-refractivity contribution in [3.05, 3.63) is 0 Å². The topological polar surface area (TPSA) is 84.2 Å². The van der Waals surface area contributed by atoms with Gasteiger partial charge in [-0.1, -0.05) is 12.2 Å². The molecule has 84 valence electrons. The molecule has 2 amide bonds. The summed E-state index contributed by atoms with van der Waals surface area (Å²) in [4.78, 5) is 22.8. The molecule has 0 aromatic carbocycles. The van der Waals surface area contributed by atoms with Crippen molar-refractivity contribution in [2.45, 2.75) is 19.3 Å². The first-order valence-electron chi connectivity index (χ1n) is 4.82. The summed E-state index contributed by atoms with van der Waals surface area (Å²) in [7, 11) is 1.56. The zero-order chi connectivity index (χ0) is 11.5. The van der Waals surface area contributed by atoms with Gasteiger partial charge in [0, 0.05) is 20.0 Å². The van der Waals surface area contributed by atoms with Crippen LogP contribution < -0.4 is 16.4 Å². The summed E-state index contributed by atoms with van der Waals surface area (Å²) in [6.45, 7) is 0.322. The second-order valence-corrected chi connectivity index (χ2v) is 4.07. The molecular formula is C9H15N3O2S. The molecule has 1 rings (SSSR count). The molecule has 0 heterocycles. The Morgan fingerprint density at radius 1 is 1.47 bits per heavy atom. The fourth-order valence-corrected chi connectivity index (χ4v) is 1.59. The highest BCUT2D eigenvalue weighted by Crippen LogP contribution is 2.46. The van der Waals surface area contributed by atoms with Crippen LogP contribution >= 0.6 is 12.2 Å². The van der Waals surface area contributed by atoms with E-state index < -0.39 is 5.41 Å². The zero-order valence-electron chi connectivity index (χ0n) is 8.63. The highest BCUT2D eigenvalue weighted by atomic mass is 32.1. The number of hydrogen-bond donors (Lipinski definition) is 3. The van der Waals surface area contributed by atoms with Crippen molar-refractivity contribution in [2.75, 3.05) is 13.6 Å². The Kier molecular flexibility index (Phi) is 3.62. The SMILES string of the molecule is CNC(=O)CCNC(=O)C1(C(N)=S)CC1. The molecule has 0 atom stereocenters. The number of thiocarbonyl (C=S) groups is 1. The summed E-state index contributed by atoms with van der Waals surface area (Å²) in [5.41, 5.74) is 4.86. The summed E-state index contributed by atoms with van der Waals surface area (Å²) in [6, 6.07) is 0. The monoisotopic (exact) mass is 229 g/mol. The van der Waals surface area contributed by atoms with Crippen molar-refractivity contribution in [3.8, 4) is 0 Å². The highest BCUT2D eigenvalue weighted by molar-refractivity contribution is 7.80. The molecule has 1 aliphatic rings. The van der Waals surface area contributed by atoms with Gasteiger partial charge < -0.3 is 16.4 Å². The minimum atomic E-state index is -0.627. The summed E-state index contributed by atoms with van der Waals surface area (Å²) in [6.07, 6.45) is 1.71. The van der Waals surface area contributed by atoms with E-state index in [1.54, 1.807) is 7.05 Å². The van der Waals surface area contributed by atoms with Crippen LogP contribution in [-0.2, 0) is 9.59 Å². The lowest BCUT2D eigenvalue weighted by molar-refractivity contribution is -0.124. The molecule has 5 nitrogen and oxygen atoms in total. The third kappa shape index (κ3) is 2.65. The minimum absolute atomic E-state index is 0.101. The van der Waals surface area contributed by atoms with Gasteiger partial charge in [-0.2, -0.15) is 0 Å². The van der Waals surface area contributed by atoms with E-state index in [2.05, 4.69) is 10.6 Å². The van der Waals surface area contributed by atoms with Crippen molar-refractivity contribution in [2.24, 2.45) is 11.1 Å². The maximum atomic E-state index is 11.6. The fourth-order valence-electron chi connectivity index (χ4n) is 1.29. The van der Waals surface area contributed by atoms with Crippen LogP contribution in [-0.4, -0.2) is 30.4 Å². The normalized spacial score (nSPS) is 16.6. The number of nitrogens with two attached hydrogens (primary N) is 1. The molecule has 0 aliphatic heterocycles. The number of carbonyl (C=O) groups excluding carboxylic acids is 2. The van der Waals surface area contributed by atoms with Crippen LogP contribution in [0.4, 0.5) is 0 Å². The molecule has 0 aromatic rings. The predicted octanol–water partition coefficient (Wildman–Crippen LogP) is -0.695. The Hall–Kier alpha value is -1.17. The molecule has 6 heteroatoms. The van der Waals surface area contributed by atoms with Gasteiger partial charge in [-0.05, 0) is 12.8 Å². The van der Waals surface area contributed by atoms with E-state index in [1.165, 1.54) is 0 Å². The molecule has 1 aliphatic carbocycles. The first-order chi connectivity index (χ1) is 7.03. The Bertz CT molecular complexity index is 300. The largest absolute Gasteiger partial charge is 0.392 e. The van der Waals surface area contributed by atoms with Crippen molar-refractivity contribution in [3.63, 3.8) is 0 Å². The van der Waals surface area contributed by atoms with Crippen molar-refractivity contribution in [1.29, 1.82) is 0 Å². The maximum Gasteiger partial charge on any atom is 0.233 e. The fraction of sp³-hybridized carbons (Fsp3) is 0.667. The Morgan fingerprint density at radius 3 is 2.47 bits per heavy atom. The molecule has 0 spiro atoms. The van der Waals surface area contributed by atoms with E-state index in [9.17, 15) is 9.59 Å². The Balaban J connectivity index is 2.31. The zero-order valence-corrected chi connectivity index (χ0v) is 9.45. The van der Waals surface area contributed by atoms with Gasteiger partial charge in [0.15, 0.2) is 0 Å². The van der Waals surface area contributed by atoms with Gasteiger partial charge in [0.2, 0.25) is 11.8 Å². The lowest BCUT2D eigenvalue weighted by atomic mass is 10.1. The minimum Gasteiger partial charge on any atom is -0.392 e. The summed E-state index contributed by atoms with van der Waals surface area (Å²) >= 11 is 4.83. The van der Waals surface area contributed by atoms with Crippen LogP contribution in [0, 0.1) is 5.41 Å². The predicted molar refractivity (Wildman–Crippen MR) is 60.1 cm³/mol. The van der Waals surface area contributed by atoms with Crippen LogP contribution in [0.3, 0.4) is 0 Å². The van der Waals surface area contributed by atoms with Crippen molar-refractivity contribution >= 4 is 29.0 Å². The number of hydrogen-bond acceptors (Lipinski definition) is 3. The molecule has 1 fully saturated rings. The molecule has 15 heavy (non-hydrogen) atoms. The number of carbonyl (C=O) groups is 2. The van der Waals surface area contributed by atoms with E-state index in [4.69, 9.17) is 18.0 Å². The van der Waals surface area contributed by atoms with Gasteiger partial charge in [0.1, 0.15) is 0 Å². The third-order valence-corrected chi connectivity index (χ3v) is 2.96. The second kappa shape index (κ2) is 4.57. The quantitative estimate of drug-likeness (QED) is 0.545. The first-order valence-corrected chi connectivity index (χ1v) is 5.22. The van der Waals surface area contributed by atoms with Crippen LogP contribution in [0.5, 0.6) is 0 Å². The van der Waals surface area contributed by atoms with Crippen LogP contribution in [0.25, 0.3) is 0 Å². The van der Waals surface area contributed by atoms with Gasteiger partial charge in [-0.15, -0.1) is 0 Å². The van der Waals surface area contributed by atoms with E-state index in [-0.39, 0.29) is 23.2 Å². The van der Waals surface area contributed by atoms with Crippen LogP contribution in [0.15, 0.2) is 0 Å². The van der Waals surface area contributed by atoms with Crippen molar-refractivity contribution < 1.29 is 9.59 Å². The molecule has 0 radical (unpaired) electrons. The van der Waals surface area contributed by atoms with Crippen LogP contribution in [0.2, 0.25) is 0 Å². The van der Waals surface area contributed by atoms with E-state index in [0.29, 0.717) is 19.4 Å². The van der Waals surface area contributed by atoms with Crippen LogP contribution in [0.1, 0.15) is 19.3 Å². The average Bonchev–Trinajstić information content (AvgIpc) is 2.97. The van der Waals surface area contributed by atoms with Gasteiger partial charge in [0.05, 0.1) is 10.4 Å². The standard InChI is InChI=1S/C9H15N3O2S/c1-11-6(13)2-5-12-8(14)9(3-4-9)7(10)15/h2-5H2,1H3,(H2,10,15)(H,11,13)(H,12,14). The Labute approximate surface area is 93.8 Å². The van der Waals surface area contributed by atoms with Gasteiger partial charge >= 0.3 is 0 Å². The van der Waals surface area contributed by atoms with E-state index in [0.717, 1.165) is 0 Å². The summed E-state index contributed by atoms with van der Waals surface area (Å²) < 4.78 is 0. The molecule has 0 aromatic heterocycles. The maximum absolute atomic E-state index is 11.6. The summed E-state index contributed by atoms with van der Waals surface area (Å²) in [5.74, 6) is -0.255. The number of rotatable bonds is 5.